The van der Waals surface area contributed by atoms with Gasteiger partial charge in [-0.3, -0.25) is 5.01 Å². The molecule has 0 aliphatic carbocycles. The standard InChI is InChI=1S/C17H23N5O2/c1-4-24-14-7-5-6-13(10-14)20-16-8-9-19-17(21-16)22(18)15(11-23)12(2)3/h5-12,15H,4,18H2,1-3H3,(H,19,20,21)/t15-/m0/s1. The van der Waals surface area contributed by atoms with E-state index < -0.39 is 6.04 Å². The van der Waals surface area contributed by atoms with Crippen LogP contribution in [0.4, 0.5) is 17.5 Å². The third-order valence-corrected chi connectivity index (χ3v) is 3.43. The van der Waals surface area contributed by atoms with Gasteiger partial charge in [-0.25, -0.2) is 10.8 Å². The van der Waals surface area contributed by atoms with Gasteiger partial charge in [0.25, 0.3) is 0 Å². The van der Waals surface area contributed by atoms with Gasteiger partial charge < -0.3 is 14.8 Å². The molecule has 0 spiro atoms. The summed E-state index contributed by atoms with van der Waals surface area (Å²) in [5.41, 5.74) is 0.838. The molecule has 2 rings (SSSR count). The number of hydrazine groups is 1. The highest BCUT2D eigenvalue weighted by atomic mass is 16.5. The van der Waals surface area contributed by atoms with Gasteiger partial charge in [0.05, 0.1) is 6.61 Å². The zero-order valence-electron chi connectivity index (χ0n) is 14.1. The highest BCUT2D eigenvalue weighted by Crippen LogP contribution is 2.21. The molecular formula is C17H23N5O2. The molecule has 0 bridgehead atoms. The van der Waals surface area contributed by atoms with E-state index in [0.717, 1.165) is 17.7 Å². The summed E-state index contributed by atoms with van der Waals surface area (Å²) >= 11 is 0. The van der Waals surface area contributed by atoms with E-state index in [2.05, 4.69) is 15.3 Å². The Morgan fingerprint density at radius 3 is 2.83 bits per heavy atom. The number of anilines is 3. The number of carbonyl (C=O) groups excluding carboxylic acids is 1. The number of benzene rings is 1. The molecule has 1 heterocycles. The van der Waals surface area contributed by atoms with Crippen LogP contribution in [0.15, 0.2) is 36.5 Å². The summed E-state index contributed by atoms with van der Waals surface area (Å²) in [6.45, 7) is 6.37. The Kier molecular flexibility index (Phi) is 6.08. The molecule has 7 nitrogen and oxygen atoms in total. The lowest BCUT2D eigenvalue weighted by molar-refractivity contribution is -0.109. The van der Waals surface area contributed by atoms with Crippen LogP contribution in [0.3, 0.4) is 0 Å². The molecule has 0 aliphatic heterocycles. The number of rotatable bonds is 8. The van der Waals surface area contributed by atoms with Crippen molar-refractivity contribution in [2.75, 3.05) is 16.9 Å². The van der Waals surface area contributed by atoms with Crippen LogP contribution >= 0.6 is 0 Å². The van der Waals surface area contributed by atoms with E-state index in [-0.39, 0.29) is 11.9 Å². The molecule has 128 valence electrons. The molecule has 0 fully saturated rings. The van der Waals surface area contributed by atoms with Crippen LogP contribution in [0, 0.1) is 5.92 Å². The molecule has 2 aromatic rings. The minimum absolute atomic E-state index is 0.0515. The summed E-state index contributed by atoms with van der Waals surface area (Å²) in [7, 11) is 0. The van der Waals surface area contributed by atoms with E-state index in [1.807, 2.05) is 45.0 Å². The summed E-state index contributed by atoms with van der Waals surface area (Å²) in [4.78, 5) is 19.7. The largest absolute Gasteiger partial charge is 0.494 e. The molecule has 0 saturated heterocycles. The van der Waals surface area contributed by atoms with Crippen LogP contribution in [0.2, 0.25) is 0 Å². The first kappa shape index (κ1) is 17.7. The van der Waals surface area contributed by atoms with Crippen molar-refractivity contribution in [1.29, 1.82) is 0 Å². The Balaban J connectivity index is 2.18. The van der Waals surface area contributed by atoms with Crippen molar-refractivity contribution in [3.63, 3.8) is 0 Å². The fourth-order valence-electron chi connectivity index (χ4n) is 2.20. The summed E-state index contributed by atoms with van der Waals surface area (Å²) in [6.07, 6.45) is 2.40. The fourth-order valence-corrected chi connectivity index (χ4v) is 2.20. The van der Waals surface area contributed by atoms with E-state index in [4.69, 9.17) is 10.6 Å². The molecule has 3 N–H and O–H groups in total. The number of ether oxygens (including phenoxy) is 1. The van der Waals surface area contributed by atoms with Gasteiger partial charge in [0.15, 0.2) is 0 Å². The number of hydrogen-bond donors (Lipinski definition) is 2. The molecule has 7 heteroatoms. The normalized spacial score (nSPS) is 11.9. The summed E-state index contributed by atoms with van der Waals surface area (Å²) in [6, 6.07) is 8.82. The summed E-state index contributed by atoms with van der Waals surface area (Å²) in [5, 5.41) is 4.47. The third kappa shape index (κ3) is 4.42. The maximum absolute atomic E-state index is 11.2. The van der Waals surface area contributed by atoms with Crippen molar-refractivity contribution in [2.24, 2.45) is 11.8 Å². The maximum atomic E-state index is 11.2. The molecule has 1 atom stereocenters. The molecule has 0 unspecified atom stereocenters. The molecular weight excluding hydrogens is 306 g/mol. The first-order chi connectivity index (χ1) is 11.5. The number of carbonyl (C=O) groups is 1. The molecule has 0 radical (unpaired) electrons. The van der Waals surface area contributed by atoms with Gasteiger partial charge in [0, 0.05) is 18.0 Å². The highest BCUT2D eigenvalue weighted by molar-refractivity contribution is 5.64. The number of nitrogens with one attached hydrogen (secondary N) is 1. The average Bonchev–Trinajstić information content (AvgIpc) is 2.56. The van der Waals surface area contributed by atoms with Crippen molar-refractivity contribution < 1.29 is 9.53 Å². The van der Waals surface area contributed by atoms with E-state index in [9.17, 15) is 4.79 Å². The molecule has 24 heavy (non-hydrogen) atoms. The number of nitrogens with two attached hydrogens (primary N) is 1. The smallest absolute Gasteiger partial charge is 0.242 e. The van der Waals surface area contributed by atoms with Gasteiger partial charge in [0.2, 0.25) is 5.95 Å². The quantitative estimate of drug-likeness (QED) is 0.436. The first-order valence-corrected chi connectivity index (χ1v) is 7.87. The monoisotopic (exact) mass is 329 g/mol. The van der Waals surface area contributed by atoms with Crippen molar-refractivity contribution in [1.82, 2.24) is 9.97 Å². The third-order valence-electron chi connectivity index (χ3n) is 3.43. The topological polar surface area (TPSA) is 93.4 Å². The van der Waals surface area contributed by atoms with Crippen molar-refractivity contribution in [2.45, 2.75) is 26.8 Å². The van der Waals surface area contributed by atoms with E-state index in [1.165, 1.54) is 5.01 Å². The van der Waals surface area contributed by atoms with Crippen molar-refractivity contribution >= 4 is 23.7 Å². The summed E-state index contributed by atoms with van der Waals surface area (Å²) < 4.78 is 5.48. The Labute approximate surface area is 141 Å². The Morgan fingerprint density at radius 2 is 2.17 bits per heavy atom. The molecule has 1 aromatic heterocycles. The maximum Gasteiger partial charge on any atom is 0.242 e. The van der Waals surface area contributed by atoms with Crippen LogP contribution in [-0.2, 0) is 4.79 Å². The lowest BCUT2D eigenvalue weighted by atomic mass is 10.1. The van der Waals surface area contributed by atoms with Crippen LogP contribution in [0.1, 0.15) is 20.8 Å². The van der Waals surface area contributed by atoms with Crippen LogP contribution < -0.4 is 20.9 Å². The second kappa shape index (κ2) is 8.26. The number of aromatic nitrogens is 2. The average molecular weight is 329 g/mol. The van der Waals surface area contributed by atoms with Crippen LogP contribution in [0.5, 0.6) is 5.75 Å². The van der Waals surface area contributed by atoms with Gasteiger partial charge in [-0.05, 0) is 31.0 Å². The molecule has 1 aromatic carbocycles. The second-order valence-corrected chi connectivity index (χ2v) is 5.61. The zero-order valence-corrected chi connectivity index (χ0v) is 14.1. The van der Waals surface area contributed by atoms with E-state index in [1.54, 1.807) is 12.3 Å². The molecule has 0 saturated carbocycles. The summed E-state index contributed by atoms with van der Waals surface area (Å²) in [5.74, 6) is 7.70. The highest BCUT2D eigenvalue weighted by Gasteiger charge is 2.21. The second-order valence-electron chi connectivity index (χ2n) is 5.61. The Hall–Kier alpha value is -2.67. The number of hydrogen-bond acceptors (Lipinski definition) is 7. The van der Waals surface area contributed by atoms with E-state index in [0.29, 0.717) is 12.4 Å². The van der Waals surface area contributed by atoms with Gasteiger partial charge in [0.1, 0.15) is 23.9 Å². The predicted molar refractivity (Wildman–Crippen MR) is 94.3 cm³/mol. The lowest BCUT2D eigenvalue weighted by Crippen LogP contribution is -2.46. The number of nitrogens with zero attached hydrogens (tertiary/aromatic N) is 3. The van der Waals surface area contributed by atoms with Gasteiger partial charge in [-0.1, -0.05) is 19.9 Å². The van der Waals surface area contributed by atoms with Gasteiger partial charge in [-0.15, -0.1) is 0 Å². The van der Waals surface area contributed by atoms with Crippen LogP contribution in [0.25, 0.3) is 0 Å². The first-order valence-electron chi connectivity index (χ1n) is 7.87. The number of aldehydes is 1. The Morgan fingerprint density at radius 1 is 1.38 bits per heavy atom. The van der Waals surface area contributed by atoms with Crippen LogP contribution in [-0.4, -0.2) is 28.9 Å². The van der Waals surface area contributed by atoms with Gasteiger partial charge in [-0.2, -0.15) is 4.98 Å². The SMILES string of the molecule is CCOc1cccc(Nc2ccnc(N(N)[C@@H](C=O)C(C)C)n2)c1. The fraction of sp³-hybridized carbons (Fsp3) is 0.353. The Bertz CT molecular complexity index is 678. The van der Waals surface area contributed by atoms with Crippen molar-refractivity contribution in [3.05, 3.63) is 36.5 Å². The zero-order chi connectivity index (χ0) is 17.5. The van der Waals surface area contributed by atoms with Crippen molar-refractivity contribution in [3.8, 4) is 5.75 Å². The lowest BCUT2D eigenvalue weighted by Gasteiger charge is -2.25. The minimum Gasteiger partial charge on any atom is -0.494 e. The molecule has 0 aliphatic rings. The van der Waals surface area contributed by atoms with Gasteiger partial charge >= 0.3 is 0 Å². The van der Waals surface area contributed by atoms with E-state index >= 15 is 0 Å². The molecule has 0 amide bonds. The minimum atomic E-state index is -0.485. The predicted octanol–water partition coefficient (Wildman–Crippen LogP) is 2.52.